The van der Waals surface area contributed by atoms with Crippen LogP contribution in [0.1, 0.15) is 51.3 Å². The number of carbonyl (C=O) groups excluding carboxylic acids is 5. The van der Waals surface area contributed by atoms with Gasteiger partial charge < -0.3 is 50.4 Å². The highest BCUT2D eigenvalue weighted by molar-refractivity contribution is 7.13. The van der Waals surface area contributed by atoms with Crippen molar-refractivity contribution in [3.05, 3.63) is 101 Å². The number of rotatable bonds is 22. The summed E-state index contributed by atoms with van der Waals surface area (Å²) in [7, 11) is 1.49. The summed E-state index contributed by atoms with van der Waals surface area (Å²) in [5.41, 5.74) is 5.45. The number of thiazole rings is 1. The number of amides is 5. The van der Waals surface area contributed by atoms with Crippen LogP contribution in [0.25, 0.3) is 21.3 Å². The number of aliphatic hydroxyl groups excluding tert-OH is 1. The molecule has 3 aromatic carbocycles. The molecule has 7 rings (SSSR count). The quantitative estimate of drug-likeness (QED) is 0.0404. The van der Waals surface area contributed by atoms with E-state index in [9.17, 15) is 33.5 Å². The maximum Gasteiger partial charge on any atom is 0.248 e. The number of hydrogen-bond donors (Lipinski definition) is 5. The predicted octanol–water partition coefficient (Wildman–Crippen LogP) is 5.87. The average Bonchev–Trinajstić information content (AvgIpc) is 4.01. The molecular formula is C53H64ClFN10O9S. The Morgan fingerprint density at radius 3 is 2.36 bits per heavy atom. The fourth-order valence-electron chi connectivity index (χ4n) is 8.64. The first kappa shape index (κ1) is 56.1. The van der Waals surface area contributed by atoms with Crippen LogP contribution in [0.4, 0.5) is 21.6 Å². The van der Waals surface area contributed by atoms with E-state index in [0.29, 0.717) is 66.6 Å². The highest BCUT2D eigenvalue weighted by Crippen LogP contribution is 2.34. The van der Waals surface area contributed by atoms with Crippen molar-refractivity contribution in [1.82, 2.24) is 40.3 Å². The summed E-state index contributed by atoms with van der Waals surface area (Å²) in [5, 5.41) is 22.9. The molecule has 5 amide bonds. The van der Waals surface area contributed by atoms with Crippen LogP contribution in [0.5, 0.6) is 5.75 Å². The number of piperazine rings is 1. The molecule has 0 aliphatic carbocycles. The second-order valence-electron chi connectivity index (χ2n) is 19.3. The van der Waals surface area contributed by atoms with E-state index in [-0.39, 0.29) is 81.5 Å². The highest BCUT2D eigenvalue weighted by Gasteiger charge is 2.44. The first-order chi connectivity index (χ1) is 36.0. The topological polar surface area (TPSA) is 230 Å². The number of aliphatic hydroxyl groups is 1. The molecule has 2 saturated heterocycles. The number of hydrogen-bond acceptors (Lipinski definition) is 15. The van der Waals surface area contributed by atoms with Crippen molar-refractivity contribution in [2.75, 3.05) is 83.4 Å². The number of benzene rings is 3. The van der Waals surface area contributed by atoms with Crippen molar-refractivity contribution in [1.29, 1.82) is 0 Å². The summed E-state index contributed by atoms with van der Waals surface area (Å²) in [6, 6.07) is 13.6. The van der Waals surface area contributed by atoms with E-state index in [1.54, 1.807) is 40.0 Å². The Kier molecular flexibility index (Phi) is 19.6. The van der Waals surface area contributed by atoms with Crippen LogP contribution in [0.3, 0.4) is 0 Å². The molecule has 5 N–H and O–H groups in total. The maximum absolute atomic E-state index is 14.0. The minimum Gasteiger partial charge on any atom is -0.494 e. The molecule has 400 valence electrons. The Morgan fingerprint density at radius 2 is 1.68 bits per heavy atom. The SMILES string of the molecule is COc1cc2ncnc(Nc3ccc(F)c(Cl)c3)c2cc1NC(=O)/C=C/CN1CCN(C(=O)CCOCCOCCC(=O)NC(C(=O)N2C[C@H](O)C[C@H]2C(=O)NCc2ccc(-c3scnc3C)cc2)C(C)(C)C)CC1. The highest BCUT2D eigenvalue weighted by atomic mass is 35.5. The monoisotopic (exact) mass is 1070 g/mol. The van der Waals surface area contributed by atoms with Gasteiger partial charge in [0.05, 0.1) is 78.4 Å². The summed E-state index contributed by atoms with van der Waals surface area (Å²) >= 11 is 7.53. The number of methoxy groups -OCH3 is 1. The molecule has 3 atom stereocenters. The summed E-state index contributed by atoms with van der Waals surface area (Å²) in [5.74, 6) is -1.35. The Labute approximate surface area is 444 Å². The number of anilines is 3. The molecule has 0 spiro atoms. The predicted molar refractivity (Wildman–Crippen MR) is 284 cm³/mol. The third kappa shape index (κ3) is 15.5. The average molecular weight is 1070 g/mol. The fourth-order valence-corrected chi connectivity index (χ4v) is 9.63. The van der Waals surface area contributed by atoms with E-state index in [0.717, 1.165) is 21.7 Å². The van der Waals surface area contributed by atoms with E-state index in [1.807, 2.05) is 52.0 Å². The summed E-state index contributed by atoms with van der Waals surface area (Å²) < 4.78 is 30.5. The molecule has 0 bridgehead atoms. The van der Waals surface area contributed by atoms with Gasteiger partial charge in [0.25, 0.3) is 0 Å². The number of nitrogens with zero attached hydrogens (tertiary/aromatic N) is 6. The second kappa shape index (κ2) is 26.2. The number of likely N-dealkylation sites (tertiary alicyclic amines) is 1. The zero-order chi connectivity index (χ0) is 53.6. The van der Waals surface area contributed by atoms with Crippen LogP contribution in [0, 0.1) is 18.2 Å². The van der Waals surface area contributed by atoms with Crippen LogP contribution in [0.15, 0.2) is 78.6 Å². The van der Waals surface area contributed by atoms with E-state index in [4.69, 9.17) is 25.8 Å². The molecule has 4 heterocycles. The van der Waals surface area contributed by atoms with Crippen molar-refractivity contribution < 1.29 is 47.7 Å². The van der Waals surface area contributed by atoms with Gasteiger partial charge in [-0.05, 0) is 47.7 Å². The van der Waals surface area contributed by atoms with Gasteiger partial charge in [-0.2, -0.15) is 0 Å². The summed E-state index contributed by atoms with van der Waals surface area (Å²) in [6.07, 6.45) is 3.96. The van der Waals surface area contributed by atoms with E-state index >= 15 is 0 Å². The molecule has 22 heteroatoms. The molecular weight excluding hydrogens is 1010 g/mol. The van der Waals surface area contributed by atoms with Gasteiger partial charge >= 0.3 is 0 Å². The normalized spacial score (nSPS) is 16.5. The molecule has 5 aromatic rings. The lowest BCUT2D eigenvalue weighted by Crippen LogP contribution is -2.57. The third-order valence-corrected chi connectivity index (χ3v) is 14.0. The molecule has 0 radical (unpaired) electrons. The van der Waals surface area contributed by atoms with Crippen LogP contribution < -0.4 is 26.0 Å². The maximum atomic E-state index is 14.0. The Balaban J connectivity index is 0.760. The van der Waals surface area contributed by atoms with Crippen molar-refractivity contribution in [2.24, 2.45) is 5.41 Å². The van der Waals surface area contributed by atoms with Crippen LogP contribution in [-0.4, -0.2) is 155 Å². The molecule has 2 fully saturated rings. The van der Waals surface area contributed by atoms with Gasteiger partial charge in [-0.15, -0.1) is 11.3 Å². The van der Waals surface area contributed by atoms with Gasteiger partial charge in [0.1, 0.15) is 35.8 Å². The van der Waals surface area contributed by atoms with E-state index in [1.165, 1.54) is 42.6 Å². The second-order valence-corrected chi connectivity index (χ2v) is 20.5. The van der Waals surface area contributed by atoms with Crippen molar-refractivity contribution >= 4 is 80.6 Å². The van der Waals surface area contributed by atoms with E-state index in [2.05, 4.69) is 41.1 Å². The van der Waals surface area contributed by atoms with E-state index < -0.39 is 41.2 Å². The molecule has 2 aliphatic heterocycles. The lowest BCUT2D eigenvalue weighted by atomic mass is 9.85. The lowest BCUT2D eigenvalue weighted by molar-refractivity contribution is -0.144. The summed E-state index contributed by atoms with van der Waals surface area (Å²) in [4.78, 5) is 85.8. The molecule has 19 nitrogen and oxygen atoms in total. The van der Waals surface area contributed by atoms with Gasteiger partial charge in [-0.25, -0.2) is 19.3 Å². The van der Waals surface area contributed by atoms with Gasteiger partial charge in [-0.1, -0.05) is 62.7 Å². The molecule has 1 unspecified atom stereocenters. The number of aryl methyl sites for hydroxylation is 1. The Hall–Kier alpha value is -6.62. The smallest absolute Gasteiger partial charge is 0.248 e. The third-order valence-electron chi connectivity index (χ3n) is 12.8. The number of β-amino-alcohol motifs (C(OH)–C–C–N with tert-alkyl or cyclic N) is 1. The molecule has 0 saturated carbocycles. The van der Waals surface area contributed by atoms with Crippen molar-refractivity contribution in [3.63, 3.8) is 0 Å². The van der Waals surface area contributed by atoms with Crippen molar-refractivity contribution in [3.8, 4) is 16.2 Å². The minimum atomic E-state index is -0.963. The molecule has 2 aromatic heterocycles. The Morgan fingerprint density at radius 1 is 0.947 bits per heavy atom. The zero-order valence-corrected chi connectivity index (χ0v) is 44.3. The molecule has 75 heavy (non-hydrogen) atoms. The fraction of sp³-hybridized carbons (Fsp3) is 0.434. The number of aromatic nitrogens is 3. The number of ether oxygens (including phenoxy) is 3. The minimum absolute atomic E-state index is 0.0182. The number of carbonyl (C=O) groups is 5. The largest absolute Gasteiger partial charge is 0.494 e. The van der Waals surface area contributed by atoms with Gasteiger partial charge in [0.15, 0.2) is 0 Å². The van der Waals surface area contributed by atoms with Gasteiger partial charge in [0, 0.05) is 81.9 Å². The number of nitrogens with one attached hydrogen (secondary N) is 4. The Bertz CT molecular complexity index is 2840. The first-order valence-electron chi connectivity index (χ1n) is 24.7. The van der Waals surface area contributed by atoms with Crippen LogP contribution >= 0.6 is 22.9 Å². The summed E-state index contributed by atoms with van der Waals surface area (Å²) in [6.45, 7) is 11.2. The van der Waals surface area contributed by atoms with Crippen LogP contribution in [-0.2, 0) is 40.0 Å². The van der Waals surface area contributed by atoms with Crippen molar-refractivity contribution in [2.45, 2.75) is 71.7 Å². The number of fused-ring (bicyclic) bond motifs is 1. The molecule has 2 aliphatic rings. The lowest BCUT2D eigenvalue weighted by Gasteiger charge is -2.35. The van der Waals surface area contributed by atoms with Gasteiger partial charge in [0.2, 0.25) is 29.5 Å². The zero-order valence-electron chi connectivity index (χ0n) is 42.7. The van der Waals surface area contributed by atoms with Gasteiger partial charge in [-0.3, -0.25) is 28.9 Å². The first-order valence-corrected chi connectivity index (χ1v) is 26.0. The standard InChI is InChI=1S/C53H64ClFN10O9S/c1-33-48(75-32-59-33)35-10-8-34(9-11-35)29-56-51(70)43-26-37(66)30-65(43)52(71)49(53(2,3)4)62-46(68)14-21-73-23-24-74-22-15-47(69)64-19-17-63(18-20-64)16-6-7-45(67)61-42-27-38-41(28-44(42)72-5)57-31-58-50(38)60-36-12-13-40(55)39(54)25-36/h6-13,25,27-28,31-32,37,43,49,66H,14-24,26,29-30H2,1-5H3,(H,56,70)(H,61,67)(H,62,68)(H,57,58,60)/b7-6+/t37-,43+,49?/m1/s1. The number of halogens is 2. The van der Waals surface area contributed by atoms with Crippen LogP contribution in [0.2, 0.25) is 5.02 Å².